The first-order valence-corrected chi connectivity index (χ1v) is 6.01. The van der Waals surface area contributed by atoms with Crippen LogP contribution >= 0.6 is 11.6 Å². The van der Waals surface area contributed by atoms with Crippen molar-refractivity contribution in [2.75, 3.05) is 33.5 Å². The molecular formula is C12H16ClFO4. The first-order chi connectivity index (χ1) is 8.69. The maximum absolute atomic E-state index is 13.5. The van der Waals surface area contributed by atoms with Crippen LogP contribution < -0.4 is 0 Å². The van der Waals surface area contributed by atoms with Gasteiger partial charge in [0, 0.05) is 7.11 Å². The molecule has 2 unspecified atom stereocenters. The molecule has 2 atom stereocenters. The quantitative estimate of drug-likeness (QED) is 0.386. The van der Waals surface area contributed by atoms with E-state index < -0.39 is 17.1 Å². The van der Waals surface area contributed by atoms with E-state index in [1.807, 2.05) is 0 Å². The molecule has 6 heteroatoms. The number of hydrogen-bond acceptors (Lipinski definition) is 4. The molecule has 0 spiro atoms. The zero-order valence-electron chi connectivity index (χ0n) is 10.1. The maximum Gasteiger partial charge on any atom is 0.161 e. The molecule has 18 heavy (non-hydrogen) atoms. The third-order valence-corrected chi connectivity index (χ3v) is 2.74. The van der Waals surface area contributed by atoms with Gasteiger partial charge in [-0.2, -0.15) is 0 Å². The summed E-state index contributed by atoms with van der Waals surface area (Å²) in [5.41, 5.74) is 0. The van der Waals surface area contributed by atoms with Gasteiger partial charge in [0.15, 0.2) is 11.6 Å². The van der Waals surface area contributed by atoms with Crippen molar-refractivity contribution in [3.63, 3.8) is 0 Å². The van der Waals surface area contributed by atoms with Gasteiger partial charge in [0.25, 0.3) is 0 Å². The summed E-state index contributed by atoms with van der Waals surface area (Å²) >= 11 is 5.88. The summed E-state index contributed by atoms with van der Waals surface area (Å²) in [5.74, 6) is -1.15. The number of allylic oxidation sites excluding steroid dienone is 3. The fourth-order valence-electron chi connectivity index (χ4n) is 1.36. The van der Waals surface area contributed by atoms with Crippen LogP contribution in [0.15, 0.2) is 23.7 Å². The smallest absolute Gasteiger partial charge is 0.161 e. The Bertz CT molecular complexity index is 330. The second kappa shape index (κ2) is 8.24. The van der Waals surface area contributed by atoms with Crippen molar-refractivity contribution in [2.45, 2.75) is 5.38 Å². The molecule has 0 amide bonds. The molecule has 0 aromatic heterocycles. The molecule has 102 valence electrons. The third-order valence-electron chi connectivity index (χ3n) is 2.33. The molecule has 0 aromatic carbocycles. The van der Waals surface area contributed by atoms with Crippen molar-refractivity contribution < 1.29 is 23.4 Å². The number of ether oxygens (including phenoxy) is 3. The van der Waals surface area contributed by atoms with E-state index >= 15 is 0 Å². The molecule has 1 aliphatic rings. The van der Waals surface area contributed by atoms with Gasteiger partial charge >= 0.3 is 0 Å². The Morgan fingerprint density at radius 1 is 1.33 bits per heavy atom. The lowest BCUT2D eigenvalue weighted by Crippen LogP contribution is -2.18. The fourth-order valence-corrected chi connectivity index (χ4v) is 1.61. The van der Waals surface area contributed by atoms with Gasteiger partial charge in [-0.3, -0.25) is 0 Å². The zero-order chi connectivity index (χ0) is 13.4. The number of halogens is 2. The predicted octanol–water partition coefficient (Wildman–Crippen LogP) is 1.84. The van der Waals surface area contributed by atoms with E-state index in [0.717, 1.165) is 6.08 Å². The van der Waals surface area contributed by atoms with Crippen LogP contribution in [0.5, 0.6) is 0 Å². The summed E-state index contributed by atoms with van der Waals surface area (Å²) in [5, 5.41) is -0.577. The normalized spacial score (nSPS) is 23.3. The number of rotatable bonds is 8. The summed E-state index contributed by atoms with van der Waals surface area (Å²) in [6.07, 6.45) is 3.16. The van der Waals surface area contributed by atoms with Crippen molar-refractivity contribution >= 4 is 17.9 Å². The summed E-state index contributed by atoms with van der Waals surface area (Å²) in [7, 11) is 1.58. The number of aldehydes is 1. The minimum Gasteiger partial charge on any atom is -0.488 e. The van der Waals surface area contributed by atoms with E-state index in [2.05, 4.69) is 0 Å². The van der Waals surface area contributed by atoms with Gasteiger partial charge in [0.05, 0.1) is 31.1 Å². The minimum absolute atomic E-state index is 0.0587. The third kappa shape index (κ3) is 4.76. The largest absolute Gasteiger partial charge is 0.488 e. The monoisotopic (exact) mass is 278 g/mol. The molecule has 0 saturated heterocycles. The number of hydrogen-bond donors (Lipinski definition) is 0. The molecule has 0 bridgehead atoms. The number of carbonyl (C=O) groups is 1. The van der Waals surface area contributed by atoms with E-state index in [1.54, 1.807) is 7.11 Å². The highest BCUT2D eigenvalue weighted by atomic mass is 35.5. The van der Waals surface area contributed by atoms with Crippen LogP contribution in [0.2, 0.25) is 0 Å². The number of alkyl halides is 1. The Balaban J connectivity index is 2.30. The summed E-state index contributed by atoms with van der Waals surface area (Å²) < 4.78 is 28.6. The van der Waals surface area contributed by atoms with Gasteiger partial charge in [0.2, 0.25) is 0 Å². The lowest BCUT2D eigenvalue weighted by Gasteiger charge is -2.18. The lowest BCUT2D eigenvalue weighted by molar-refractivity contribution is -0.109. The van der Waals surface area contributed by atoms with E-state index in [0.29, 0.717) is 26.1 Å². The molecule has 0 aliphatic heterocycles. The van der Waals surface area contributed by atoms with Crippen LogP contribution in [0.4, 0.5) is 4.39 Å². The van der Waals surface area contributed by atoms with Crippen LogP contribution in [-0.2, 0) is 19.0 Å². The molecule has 1 rings (SSSR count). The van der Waals surface area contributed by atoms with E-state index in [9.17, 15) is 9.18 Å². The molecule has 0 heterocycles. The Hall–Kier alpha value is -0.910. The van der Waals surface area contributed by atoms with E-state index in [4.69, 9.17) is 25.8 Å². The van der Waals surface area contributed by atoms with Crippen LogP contribution in [-0.4, -0.2) is 45.2 Å². The van der Waals surface area contributed by atoms with Crippen molar-refractivity contribution in [1.29, 1.82) is 0 Å². The molecule has 0 radical (unpaired) electrons. The van der Waals surface area contributed by atoms with E-state index in [1.165, 1.54) is 6.08 Å². The molecule has 0 saturated carbocycles. The standard InChI is InChI=1S/C12H16ClFO4/c1-16-2-3-17-4-5-18-12-7-10(13)9(8-15)6-11(12)14/h6-10H,2-5H2,1H3. The van der Waals surface area contributed by atoms with Crippen molar-refractivity contribution in [1.82, 2.24) is 0 Å². The van der Waals surface area contributed by atoms with Gasteiger partial charge in [0.1, 0.15) is 12.9 Å². The molecule has 1 aliphatic carbocycles. The van der Waals surface area contributed by atoms with Crippen LogP contribution in [0.3, 0.4) is 0 Å². The number of methoxy groups -OCH3 is 1. The van der Waals surface area contributed by atoms with Gasteiger partial charge in [-0.05, 0) is 12.2 Å². The SMILES string of the molecule is COCCOCCOC1=CC(Cl)C(C=O)C=C1F. The second-order valence-electron chi connectivity index (χ2n) is 3.66. The Morgan fingerprint density at radius 2 is 2.06 bits per heavy atom. The minimum atomic E-state index is -0.642. The lowest BCUT2D eigenvalue weighted by atomic mass is 10.0. The second-order valence-corrected chi connectivity index (χ2v) is 4.16. The summed E-state index contributed by atoms with van der Waals surface area (Å²) in [4.78, 5) is 10.6. The van der Waals surface area contributed by atoms with Gasteiger partial charge in [-0.25, -0.2) is 4.39 Å². The Labute approximate surface area is 110 Å². The molecule has 0 aromatic rings. The van der Waals surface area contributed by atoms with Crippen molar-refractivity contribution in [3.8, 4) is 0 Å². The van der Waals surface area contributed by atoms with Gasteiger partial charge < -0.3 is 19.0 Å². The first-order valence-electron chi connectivity index (χ1n) is 5.57. The van der Waals surface area contributed by atoms with Crippen molar-refractivity contribution in [3.05, 3.63) is 23.7 Å². The molecule has 4 nitrogen and oxygen atoms in total. The van der Waals surface area contributed by atoms with Gasteiger partial charge in [-0.15, -0.1) is 11.6 Å². The van der Waals surface area contributed by atoms with Crippen LogP contribution in [0.1, 0.15) is 0 Å². The first kappa shape index (κ1) is 15.1. The molecule has 0 fully saturated rings. The van der Waals surface area contributed by atoms with Crippen LogP contribution in [0.25, 0.3) is 0 Å². The average Bonchev–Trinajstić information content (AvgIpc) is 2.37. The van der Waals surface area contributed by atoms with Gasteiger partial charge in [-0.1, -0.05) is 0 Å². The highest BCUT2D eigenvalue weighted by Gasteiger charge is 2.24. The number of carbonyl (C=O) groups excluding carboxylic acids is 1. The summed E-state index contributed by atoms with van der Waals surface area (Å²) in [6, 6.07) is 0. The van der Waals surface area contributed by atoms with Crippen LogP contribution in [0, 0.1) is 5.92 Å². The highest BCUT2D eigenvalue weighted by Crippen LogP contribution is 2.27. The summed E-state index contributed by atoms with van der Waals surface area (Å²) in [6.45, 7) is 1.51. The molecular weight excluding hydrogens is 263 g/mol. The van der Waals surface area contributed by atoms with Crippen molar-refractivity contribution in [2.24, 2.45) is 5.92 Å². The highest BCUT2D eigenvalue weighted by molar-refractivity contribution is 6.23. The molecule has 0 N–H and O–H groups in total. The Morgan fingerprint density at radius 3 is 2.72 bits per heavy atom. The predicted molar refractivity (Wildman–Crippen MR) is 65.1 cm³/mol. The fraction of sp³-hybridized carbons (Fsp3) is 0.583. The van der Waals surface area contributed by atoms with E-state index in [-0.39, 0.29) is 12.4 Å². The topological polar surface area (TPSA) is 44.8 Å². The zero-order valence-corrected chi connectivity index (χ0v) is 10.9. The maximum atomic E-state index is 13.5. The average molecular weight is 279 g/mol. The Kier molecular flexibility index (Phi) is 6.93.